The predicted molar refractivity (Wildman–Crippen MR) is 51.0 cm³/mol. The first kappa shape index (κ1) is 8.17. The molecule has 0 aromatic carbocycles. The van der Waals surface area contributed by atoms with E-state index in [9.17, 15) is 4.79 Å². The Morgan fingerprint density at radius 3 is 3.33 bits per heavy atom. The molecule has 0 aromatic rings. The second kappa shape index (κ2) is 2.80. The zero-order chi connectivity index (χ0) is 8.60. The Bertz CT molecular complexity index is 239. The van der Waals surface area contributed by atoms with Gasteiger partial charge in [0.2, 0.25) is 0 Å². The summed E-state index contributed by atoms with van der Waals surface area (Å²) in [6, 6.07) is 0. The van der Waals surface area contributed by atoms with Gasteiger partial charge >= 0.3 is 0 Å². The fourth-order valence-corrected chi connectivity index (χ4v) is 3.32. The van der Waals surface area contributed by atoms with Crippen LogP contribution in [0.3, 0.4) is 0 Å². The third kappa shape index (κ3) is 0.922. The van der Waals surface area contributed by atoms with Crippen LogP contribution in [0.15, 0.2) is 12.3 Å². The summed E-state index contributed by atoms with van der Waals surface area (Å²) in [5.74, 6) is 1.32. The van der Waals surface area contributed by atoms with Crippen molar-refractivity contribution in [1.29, 1.82) is 0 Å². The van der Waals surface area contributed by atoms with Gasteiger partial charge in [0.05, 0.1) is 0 Å². The SMILES string of the molecule is CCSC12CCCN1C=CC2=O. The van der Waals surface area contributed by atoms with E-state index in [1.165, 1.54) is 0 Å². The summed E-state index contributed by atoms with van der Waals surface area (Å²) in [7, 11) is 0. The first-order valence-corrected chi connectivity index (χ1v) is 5.41. The summed E-state index contributed by atoms with van der Waals surface area (Å²) in [6.45, 7) is 3.16. The number of ketones is 1. The van der Waals surface area contributed by atoms with Crippen LogP contribution in [0.5, 0.6) is 0 Å². The molecule has 0 aliphatic carbocycles. The Kier molecular flexibility index (Phi) is 1.91. The third-order valence-corrected chi connectivity index (χ3v) is 3.96. The van der Waals surface area contributed by atoms with Crippen molar-refractivity contribution in [2.45, 2.75) is 24.6 Å². The lowest BCUT2D eigenvalue weighted by Gasteiger charge is -2.30. The quantitative estimate of drug-likeness (QED) is 0.649. The van der Waals surface area contributed by atoms with Crippen LogP contribution in [0.2, 0.25) is 0 Å². The number of rotatable bonds is 2. The summed E-state index contributed by atoms with van der Waals surface area (Å²) < 4.78 is 0. The molecule has 1 atom stereocenters. The van der Waals surface area contributed by atoms with E-state index in [-0.39, 0.29) is 4.87 Å². The number of hydrogen-bond donors (Lipinski definition) is 0. The predicted octanol–water partition coefficient (Wildman–Crippen LogP) is 1.63. The number of hydrogen-bond acceptors (Lipinski definition) is 3. The summed E-state index contributed by atoms with van der Waals surface area (Å²) in [5.41, 5.74) is 0. The van der Waals surface area contributed by atoms with Gasteiger partial charge in [0.1, 0.15) is 4.87 Å². The second-order valence-corrected chi connectivity index (χ2v) is 4.74. The fourth-order valence-electron chi connectivity index (χ4n) is 2.03. The van der Waals surface area contributed by atoms with Crippen LogP contribution in [0.4, 0.5) is 0 Å². The Labute approximate surface area is 77.0 Å². The second-order valence-electron chi connectivity index (χ2n) is 3.19. The van der Waals surface area contributed by atoms with Crippen molar-refractivity contribution >= 4 is 17.5 Å². The van der Waals surface area contributed by atoms with Gasteiger partial charge in [0.25, 0.3) is 0 Å². The number of fused-ring (bicyclic) bond motifs is 1. The molecule has 12 heavy (non-hydrogen) atoms. The molecule has 2 aliphatic heterocycles. The normalized spacial score (nSPS) is 33.1. The average molecular weight is 183 g/mol. The van der Waals surface area contributed by atoms with Gasteiger partial charge in [-0.1, -0.05) is 6.92 Å². The van der Waals surface area contributed by atoms with Crippen LogP contribution in [-0.4, -0.2) is 27.9 Å². The highest BCUT2D eigenvalue weighted by atomic mass is 32.2. The Morgan fingerprint density at radius 1 is 1.75 bits per heavy atom. The Balaban J connectivity index is 2.25. The smallest absolute Gasteiger partial charge is 0.192 e. The van der Waals surface area contributed by atoms with Crippen LogP contribution < -0.4 is 0 Å². The summed E-state index contributed by atoms with van der Waals surface area (Å²) in [5, 5.41) is 0. The number of carbonyl (C=O) groups is 1. The van der Waals surface area contributed by atoms with Crippen LogP contribution in [-0.2, 0) is 4.79 Å². The molecule has 2 nitrogen and oxygen atoms in total. The van der Waals surface area contributed by atoms with Crippen molar-refractivity contribution in [2.24, 2.45) is 0 Å². The minimum absolute atomic E-state index is 0.186. The van der Waals surface area contributed by atoms with Crippen molar-refractivity contribution in [3.05, 3.63) is 12.3 Å². The molecular formula is C9H13NOS. The Morgan fingerprint density at radius 2 is 2.58 bits per heavy atom. The highest BCUT2D eigenvalue weighted by Gasteiger charge is 2.47. The van der Waals surface area contributed by atoms with Crippen molar-refractivity contribution < 1.29 is 4.79 Å². The minimum Gasteiger partial charge on any atom is -0.356 e. The van der Waals surface area contributed by atoms with Gasteiger partial charge in [-0.15, -0.1) is 11.8 Å². The van der Waals surface area contributed by atoms with E-state index in [1.807, 2.05) is 6.20 Å². The zero-order valence-corrected chi connectivity index (χ0v) is 8.06. The lowest BCUT2D eigenvalue weighted by molar-refractivity contribution is -0.118. The summed E-state index contributed by atoms with van der Waals surface area (Å²) in [4.78, 5) is 13.6. The van der Waals surface area contributed by atoms with E-state index in [4.69, 9.17) is 0 Å². The van der Waals surface area contributed by atoms with Gasteiger partial charge < -0.3 is 4.90 Å². The molecule has 2 aliphatic rings. The maximum Gasteiger partial charge on any atom is 0.192 e. The molecule has 0 spiro atoms. The van der Waals surface area contributed by atoms with Gasteiger partial charge in [-0.2, -0.15) is 0 Å². The molecule has 0 radical (unpaired) electrons. The van der Waals surface area contributed by atoms with Crippen LogP contribution in [0.25, 0.3) is 0 Å². The average Bonchev–Trinajstić information content (AvgIpc) is 2.55. The number of thioether (sulfide) groups is 1. The van der Waals surface area contributed by atoms with Crippen molar-refractivity contribution in [1.82, 2.24) is 4.90 Å². The highest BCUT2D eigenvalue weighted by Crippen LogP contribution is 2.43. The van der Waals surface area contributed by atoms with Gasteiger partial charge in [-0.25, -0.2) is 0 Å². The molecule has 0 amide bonds. The Hall–Kier alpha value is -0.440. The van der Waals surface area contributed by atoms with Crippen LogP contribution in [0, 0.1) is 0 Å². The summed E-state index contributed by atoms with van der Waals surface area (Å²) >= 11 is 1.78. The summed E-state index contributed by atoms with van der Waals surface area (Å²) in [6.07, 6.45) is 5.86. The molecular weight excluding hydrogens is 170 g/mol. The van der Waals surface area contributed by atoms with Crippen LogP contribution >= 0.6 is 11.8 Å². The topological polar surface area (TPSA) is 20.3 Å². The van der Waals surface area contributed by atoms with E-state index in [1.54, 1.807) is 17.8 Å². The van der Waals surface area contributed by atoms with E-state index in [0.717, 1.165) is 25.1 Å². The van der Waals surface area contributed by atoms with Crippen molar-refractivity contribution in [2.75, 3.05) is 12.3 Å². The molecule has 3 heteroatoms. The van der Waals surface area contributed by atoms with Crippen molar-refractivity contribution in [3.63, 3.8) is 0 Å². The largest absolute Gasteiger partial charge is 0.356 e. The van der Waals surface area contributed by atoms with Crippen LogP contribution in [0.1, 0.15) is 19.8 Å². The molecule has 1 fully saturated rings. The van der Waals surface area contributed by atoms with Gasteiger partial charge in [-0.3, -0.25) is 4.79 Å². The first-order chi connectivity index (χ1) is 5.79. The van der Waals surface area contributed by atoms with Gasteiger partial charge in [0.15, 0.2) is 5.78 Å². The monoisotopic (exact) mass is 183 g/mol. The fraction of sp³-hybridized carbons (Fsp3) is 0.667. The van der Waals surface area contributed by atoms with Crippen molar-refractivity contribution in [3.8, 4) is 0 Å². The lowest BCUT2D eigenvalue weighted by Crippen LogP contribution is -2.39. The molecule has 66 valence electrons. The molecule has 2 heterocycles. The minimum atomic E-state index is -0.186. The molecule has 2 rings (SSSR count). The number of nitrogens with zero attached hydrogens (tertiary/aromatic N) is 1. The van der Waals surface area contributed by atoms with Gasteiger partial charge in [0, 0.05) is 18.8 Å². The highest BCUT2D eigenvalue weighted by molar-refractivity contribution is 8.01. The molecule has 0 N–H and O–H groups in total. The first-order valence-electron chi connectivity index (χ1n) is 4.43. The van der Waals surface area contributed by atoms with Gasteiger partial charge in [-0.05, 0) is 18.6 Å². The van der Waals surface area contributed by atoms with E-state index in [0.29, 0.717) is 5.78 Å². The molecule has 0 saturated carbocycles. The maximum atomic E-state index is 11.6. The third-order valence-electron chi connectivity index (χ3n) is 2.55. The molecule has 0 bridgehead atoms. The number of carbonyl (C=O) groups excluding carboxylic acids is 1. The molecule has 1 unspecified atom stereocenters. The van der Waals surface area contributed by atoms with E-state index in [2.05, 4.69) is 11.8 Å². The molecule has 0 aromatic heterocycles. The lowest BCUT2D eigenvalue weighted by atomic mass is 10.1. The zero-order valence-electron chi connectivity index (χ0n) is 7.25. The maximum absolute atomic E-state index is 11.6. The standard InChI is InChI=1S/C9H13NOS/c1-2-12-9-5-3-6-10(9)7-4-8(9)11/h4,7H,2-3,5-6H2,1H3. The molecule has 1 saturated heterocycles. The van der Waals surface area contributed by atoms with E-state index < -0.39 is 0 Å². The van der Waals surface area contributed by atoms with E-state index >= 15 is 0 Å².